The van der Waals surface area contributed by atoms with Gasteiger partial charge in [-0.25, -0.2) is 4.98 Å². The van der Waals surface area contributed by atoms with E-state index in [1.54, 1.807) is 6.20 Å². The van der Waals surface area contributed by atoms with Gasteiger partial charge in [-0.15, -0.1) is 0 Å². The number of hydrogen-bond acceptors (Lipinski definition) is 3. The van der Waals surface area contributed by atoms with Gasteiger partial charge >= 0.3 is 0 Å². The van der Waals surface area contributed by atoms with E-state index < -0.39 is 0 Å². The lowest BCUT2D eigenvalue weighted by Gasteiger charge is -2.14. The van der Waals surface area contributed by atoms with Crippen molar-refractivity contribution in [1.82, 2.24) is 14.9 Å². The molecule has 0 radical (unpaired) electrons. The van der Waals surface area contributed by atoms with E-state index in [2.05, 4.69) is 10.3 Å². The van der Waals surface area contributed by atoms with E-state index in [1.807, 2.05) is 19.9 Å². The molecule has 0 aliphatic rings. The molecule has 16 heavy (non-hydrogen) atoms. The van der Waals surface area contributed by atoms with Gasteiger partial charge in [0.2, 0.25) is 11.7 Å². The molecule has 0 saturated heterocycles. The largest absolute Gasteiger partial charge is 0.352 e. The summed E-state index contributed by atoms with van der Waals surface area (Å²) in [5, 5.41) is 11.6. The van der Waals surface area contributed by atoms with Crippen molar-refractivity contribution in [3.05, 3.63) is 18.2 Å². The highest BCUT2D eigenvalue weighted by Gasteiger charge is 2.10. The molecular formula is C11H16N4O. The lowest BCUT2D eigenvalue weighted by atomic mass is 10.2. The summed E-state index contributed by atoms with van der Waals surface area (Å²) in [5.41, 5.74) is 0. The predicted octanol–water partition coefficient (Wildman–Crippen LogP) is 1.06. The topological polar surface area (TPSA) is 70.7 Å². The zero-order chi connectivity index (χ0) is 12.0. The average Bonchev–Trinajstić information content (AvgIpc) is 2.73. The minimum Gasteiger partial charge on any atom is -0.352 e. The molecule has 0 spiro atoms. The van der Waals surface area contributed by atoms with Gasteiger partial charge in [0.05, 0.1) is 0 Å². The van der Waals surface area contributed by atoms with Crippen molar-refractivity contribution in [3.8, 4) is 6.07 Å². The van der Waals surface area contributed by atoms with E-state index in [0.29, 0.717) is 0 Å². The van der Waals surface area contributed by atoms with Gasteiger partial charge in [-0.1, -0.05) is 13.8 Å². The van der Waals surface area contributed by atoms with Crippen molar-refractivity contribution >= 4 is 5.91 Å². The first-order valence-electron chi connectivity index (χ1n) is 5.41. The molecular weight excluding hydrogens is 204 g/mol. The SMILES string of the molecule is CCC(CC)NC(=O)Cn1ccnc1C#N. The smallest absolute Gasteiger partial charge is 0.240 e. The van der Waals surface area contributed by atoms with Crippen LogP contribution in [0.4, 0.5) is 0 Å². The summed E-state index contributed by atoms with van der Waals surface area (Å²) in [6.07, 6.45) is 4.97. The molecule has 0 aliphatic carbocycles. The number of carbonyl (C=O) groups excluding carboxylic acids is 1. The Kier molecular flexibility index (Phi) is 4.52. The zero-order valence-electron chi connectivity index (χ0n) is 9.60. The highest BCUT2D eigenvalue weighted by atomic mass is 16.2. The second-order valence-electron chi connectivity index (χ2n) is 3.57. The number of nitriles is 1. The van der Waals surface area contributed by atoms with E-state index >= 15 is 0 Å². The van der Waals surface area contributed by atoms with Crippen LogP contribution in [-0.4, -0.2) is 21.5 Å². The summed E-state index contributed by atoms with van der Waals surface area (Å²) in [5.74, 6) is 0.183. The Bertz CT molecular complexity index is 387. The Morgan fingerprint density at radius 1 is 1.62 bits per heavy atom. The molecule has 1 amide bonds. The monoisotopic (exact) mass is 220 g/mol. The van der Waals surface area contributed by atoms with E-state index in [4.69, 9.17) is 5.26 Å². The fraction of sp³-hybridized carbons (Fsp3) is 0.545. The van der Waals surface area contributed by atoms with Crippen molar-refractivity contribution in [2.24, 2.45) is 0 Å². The van der Waals surface area contributed by atoms with Gasteiger partial charge in [0.1, 0.15) is 12.6 Å². The van der Waals surface area contributed by atoms with Crippen molar-refractivity contribution in [3.63, 3.8) is 0 Å². The molecule has 0 aliphatic heterocycles. The predicted molar refractivity (Wildman–Crippen MR) is 59.5 cm³/mol. The van der Waals surface area contributed by atoms with E-state index in [-0.39, 0.29) is 24.3 Å². The van der Waals surface area contributed by atoms with E-state index in [0.717, 1.165) is 12.8 Å². The van der Waals surface area contributed by atoms with Crippen LogP contribution >= 0.6 is 0 Å². The van der Waals surface area contributed by atoms with Gasteiger partial charge in [0, 0.05) is 18.4 Å². The Hall–Kier alpha value is -1.83. The summed E-state index contributed by atoms with van der Waals surface area (Å²) in [6.45, 7) is 4.22. The Balaban J connectivity index is 2.55. The van der Waals surface area contributed by atoms with Gasteiger partial charge in [-0.3, -0.25) is 4.79 Å². The maximum absolute atomic E-state index is 11.6. The first kappa shape index (κ1) is 12.2. The summed E-state index contributed by atoms with van der Waals surface area (Å²) in [7, 11) is 0. The number of imidazole rings is 1. The zero-order valence-corrected chi connectivity index (χ0v) is 9.60. The molecule has 0 atom stereocenters. The van der Waals surface area contributed by atoms with E-state index in [1.165, 1.54) is 10.8 Å². The molecule has 0 saturated carbocycles. The molecule has 0 unspecified atom stereocenters. The Morgan fingerprint density at radius 3 is 2.88 bits per heavy atom. The third kappa shape index (κ3) is 3.09. The maximum Gasteiger partial charge on any atom is 0.240 e. The average molecular weight is 220 g/mol. The van der Waals surface area contributed by atoms with Crippen molar-refractivity contribution in [1.29, 1.82) is 5.26 Å². The van der Waals surface area contributed by atoms with Gasteiger partial charge in [0.15, 0.2) is 0 Å². The van der Waals surface area contributed by atoms with Crippen molar-refractivity contribution in [2.75, 3.05) is 0 Å². The molecule has 1 aromatic heterocycles. The van der Waals surface area contributed by atoms with Gasteiger partial charge in [0.25, 0.3) is 0 Å². The van der Waals surface area contributed by atoms with Crippen LogP contribution < -0.4 is 5.32 Å². The quantitative estimate of drug-likeness (QED) is 0.806. The first-order valence-corrected chi connectivity index (χ1v) is 5.41. The Labute approximate surface area is 95.1 Å². The first-order chi connectivity index (χ1) is 7.71. The molecule has 5 nitrogen and oxygen atoms in total. The third-order valence-electron chi connectivity index (χ3n) is 2.48. The number of hydrogen-bond donors (Lipinski definition) is 1. The standard InChI is InChI=1S/C11H16N4O/c1-3-9(4-2)14-11(16)8-15-6-5-13-10(15)7-12/h5-6,9H,3-4,8H2,1-2H3,(H,14,16). The summed E-state index contributed by atoms with van der Waals surface area (Å²) >= 11 is 0. The van der Waals surface area contributed by atoms with Crippen molar-refractivity contribution < 1.29 is 4.79 Å². The van der Waals surface area contributed by atoms with E-state index in [9.17, 15) is 4.79 Å². The molecule has 86 valence electrons. The molecule has 0 fully saturated rings. The van der Waals surface area contributed by atoms with Crippen LogP contribution in [-0.2, 0) is 11.3 Å². The van der Waals surface area contributed by atoms with Crippen LogP contribution in [0, 0.1) is 11.3 Å². The van der Waals surface area contributed by atoms with Crippen LogP contribution in [0.3, 0.4) is 0 Å². The fourth-order valence-electron chi connectivity index (χ4n) is 1.47. The molecule has 1 N–H and O–H groups in total. The number of nitrogens with zero attached hydrogens (tertiary/aromatic N) is 3. The molecule has 0 aromatic carbocycles. The number of rotatable bonds is 5. The van der Waals surface area contributed by atoms with Crippen LogP contribution in [0.5, 0.6) is 0 Å². The molecule has 1 rings (SSSR count). The van der Waals surface area contributed by atoms with Crippen LogP contribution in [0.2, 0.25) is 0 Å². The van der Waals surface area contributed by atoms with Crippen molar-refractivity contribution in [2.45, 2.75) is 39.3 Å². The second kappa shape index (κ2) is 5.91. The molecule has 1 heterocycles. The normalized spacial score (nSPS) is 10.1. The number of amides is 1. The highest BCUT2D eigenvalue weighted by molar-refractivity contribution is 5.76. The Morgan fingerprint density at radius 2 is 2.31 bits per heavy atom. The second-order valence-corrected chi connectivity index (χ2v) is 3.57. The van der Waals surface area contributed by atoms with Crippen LogP contribution in [0.15, 0.2) is 12.4 Å². The van der Waals surface area contributed by atoms with Gasteiger partial charge in [-0.05, 0) is 12.8 Å². The van der Waals surface area contributed by atoms with Crippen LogP contribution in [0.25, 0.3) is 0 Å². The molecule has 1 aromatic rings. The lowest BCUT2D eigenvalue weighted by Crippen LogP contribution is -2.36. The lowest BCUT2D eigenvalue weighted by molar-refractivity contribution is -0.122. The van der Waals surface area contributed by atoms with Gasteiger partial charge in [-0.2, -0.15) is 5.26 Å². The summed E-state index contributed by atoms with van der Waals surface area (Å²) in [4.78, 5) is 15.5. The minimum atomic E-state index is -0.0804. The number of carbonyl (C=O) groups is 1. The maximum atomic E-state index is 11.6. The molecule has 0 bridgehead atoms. The fourth-order valence-corrected chi connectivity index (χ4v) is 1.47. The highest BCUT2D eigenvalue weighted by Crippen LogP contribution is 1.98. The third-order valence-corrected chi connectivity index (χ3v) is 2.48. The minimum absolute atomic E-state index is 0.0804. The van der Waals surface area contributed by atoms with Gasteiger partial charge < -0.3 is 9.88 Å². The number of nitrogens with one attached hydrogen (secondary N) is 1. The summed E-state index contributed by atoms with van der Waals surface area (Å²) < 4.78 is 1.54. The van der Waals surface area contributed by atoms with Crippen LogP contribution in [0.1, 0.15) is 32.5 Å². The number of aromatic nitrogens is 2. The molecule has 5 heteroatoms. The summed E-state index contributed by atoms with van der Waals surface area (Å²) in [6, 6.07) is 2.14.